The zero-order valence-corrected chi connectivity index (χ0v) is 14.5. The summed E-state index contributed by atoms with van der Waals surface area (Å²) in [5.41, 5.74) is 4.83. The number of nitrogens with zero attached hydrogens (tertiary/aromatic N) is 3. The van der Waals surface area contributed by atoms with E-state index in [1.54, 1.807) is 0 Å². The van der Waals surface area contributed by atoms with Crippen molar-refractivity contribution in [2.45, 2.75) is 20.8 Å². The standard InChI is InChI=1S/C15H22N4O2S/c1-10-8-13-14(9-11(10)2)18-15(12(3)17-13)19(5)6-7-22(20,21)16-4/h8-9,16H,6-7H2,1-5H3. The molecule has 0 saturated carbocycles. The Balaban J connectivity index is 2.34. The number of hydrogen-bond acceptors (Lipinski definition) is 5. The van der Waals surface area contributed by atoms with Gasteiger partial charge in [-0.2, -0.15) is 0 Å². The Bertz CT molecular complexity index is 803. The van der Waals surface area contributed by atoms with Crippen LogP contribution in [0.1, 0.15) is 16.8 Å². The minimum atomic E-state index is -3.23. The van der Waals surface area contributed by atoms with Gasteiger partial charge in [-0.1, -0.05) is 0 Å². The summed E-state index contributed by atoms with van der Waals surface area (Å²) in [6.07, 6.45) is 0. The third kappa shape index (κ3) is 3.53. The molecule has 0 unspecified atom stereocenters. The number of aryl methyl sites for hydroxylation is 3. The van der Waals surface area contributed by atoms with E-state index in [9.17, 15) is 8.42 Å². The summed E-state index contributed by atoms with van der Waals surface area (Å²) < 4.78 is 25.4. The Labute approximate surface area is 131 Å². The van der Waals surface area contributed by atoms with Crippen LogP contribution in [0.25, 0.3) is 11.0 Å². The van der Waals surface area contributed by atoms with E-state index in [2.05, 4.69) is 21.6 Å². The van der Waals surface area contributed by atoms with Gasteiger partial charge in [0.1, 0.15) is 0 Å². The lowest BCUT2D eigenvalue weighted by Gasteiger charge is -2.20. The molecule has 1 aromatic carbocycles. The molecule has 2 rings (SSSR count). The molecule has 7 heteroatoms. The molecule has 2 aromatic rings. The van der Waals surface area contributed by atoms with Gasteiger partial charge in [-0.3, -0.25) is 0 Å². The monoisotopic (exact) mass is 322 g/mol. The molecule has 0 radical (unpaired) electrons. The van der Waals surface area contributed by atoms with Gasteiger partial charge in [0.05, 0.1) is 22.5 Å². The second kappa shape index (κ2) is 6.18. The molecule has 120 valence electrons. The Morgan fingerprint density at radius 3 is 2.18 bits per heavy atom. The molecule has 0 fully saturated rings. The largest absolute Gasteiger partial charge is 0.357 e. The molecule has 1 N–H and O–H groups in total. The van der Waals surface area contributed by atoms with Crippen LogP contribution in [-0.4, -0.2) is 44.8 Å². The highest BCUT2D eigenvalue weighted by Crippen LogP contribution is 2.21. The molecule has 1 aromatic heterocycles. The van der Waals surface area contributed by atoms with Gasteiger partial charge in [0.25, 0.3) is 0 Å². The van der Waals surface area contributed by atoms with Crippen LogP contribution in [0.2, 0.25) is 0 Å². The van der Waals surface area contributed by atoms with Crippen LogP contribution in [0.15, 0.2) is 12.1 Å². The van der Waals surface area contributed by atoms with Crippen molar-refractivity contribution in [3.8, 4) is 0 Å². The fourth-order valence-corrected chi connectivity index (χ4v) is 2.94. The molecule has 1 heterocycles. The zero-order valence-electron chi connectivity index (χ0n) is 13.6. The van der Waals surface area contributed by atoms with Gasteiger partial charge in [0, 0.05) is 13.6 Å². The average Bonchev–Trinajstić information content (AvgIpc) is 2.46. The van der Waals surface area contributed by atoms with Crippen LogP contribution < -0.4 is 9.62 Å². The van der Waals surface area contributed by atoms with Gasteiger partial charge in [0.15, 0.2) is 5.82 Å². The van der Waals surface area contributed by atoms with Gasteiger partial charge in [-0.15, -0.1) is 0 Å². The molecule has 0 amide bonds. The van der Waals surface area contributed by atoms with E-state index in [-0.39, 0.29) is 5.75 Å². The maximum absolute atomic E-state index is 11.5. The summed E-state index contributed by atoms with van der Waals surface area (Å²) in [5.74, 6) is 0.730. The van der Waals surface area contributed by atoms with Crippen LogP contribution in [0, 0.1) is 20.8 Å². The Kier molecular flexibility index (Phi) is 4.67. The predicted molar refractivity (Wildman–Crippen MR) is 89.9 cm³/mol. The number of hydrogen-bond donors (Lipinski definition) is 1. The van der Waals surface area contributed by atoms with Crippen LogP contribution in [-0.2, 0) is 10.0 Å². The van der Waals surface area contributed by atoms with Crippen molar-refractivity contribution < 1.29 is 8.42 Å². The zero-order chi connectivity index (χ0) is 16.5. The first-order valence-corrected chi connectivity index (χ1v) is 8.76. The highest BCUT2D eigenvalue weighted by molar-refractivity contribution is 7.89. The highest BCUT2D eigenvalue weighted by Gasteiger charge is 2.14. The topological polar surface area (TPSA) is 75.2 Å². The van der Waals surface area contributed by atoms with Crippen molar-refractivity contribution in [3.05, 3.63) is 29.0 Å². The van der Waals surface area contributed by atoms with E-state index < -0.39 is 10.0 Å². The van der Waals surface area contributed by atoms with Crippen molar-refractivity contribution in [3.63, 3.8) is 0 Å². The second-order valence-corrected chi connectivity index (χ2v) is 7.55. The van der Waals surface area contributed by atoms with E-state index >= 15 is 0 Å². The first kappa shape index (κ1) is 16.6. The van der Waals surface area contributed by atoms with Crippen molar-refractivity contribution in [1.82, 2.24) is 14.7 Å². The predicted octanol–water partition coefficient (Wildman–Crippen LogP) is 1.54. The summed E-state index contributed by atoms with van der Waals surface area (Å²) in [6, 6.07) is 4.04. The maximum Gasteiger partial charge on any atom is 0.213 e. The van der Waals surface area contributed by atoms with Crippen LogP contribution >= 0.6 is 0 Å². The maximum atomic E-state index is 11.5. The molecule has 22 heavy (non-hydrogen) atoms. The van der Waals surface area contributed by atoms with Gasteiger partial charge in [0.2, 0.25) is 10.0 Å². The average molecular weight is 322 g/mol. The summed E-state index contributed by atoms with van der Waals surface area (Å²) in [4.78, 5) is 11.1. The minimum Gasteiger partial charge on any atom is -0.357 e. The Hall–Kier alpha value is -1.73. The van der Waals surface area contributed by atoms with Crippen molar-refractivity contribution in [2.24, 2.45) is 0 Å². The van der Waals surface area contributed by atoms with E-state index in [1.165, 1.54) is 12.6 Å². The highest BCUT2D eigenvalue weighted by atomic mass is 32.2. The fraction of sp³-hybridized carbons (Fsp3) is 0.467. The number of rotatable bonds is 5. The number of aromatic nitrogens is 2. The molecule has 0 spiro atoms. The summed E-state index contributed by atoms with van der Waals surface area (Å²) in [6.45, 7) is 6.34. The van der Waals surface area contributed by atoms with Gasteiger partial charge in [-0.05, 0) is 51.1 Å². The minimum absolute atomic E-state index is 0.0199. The number of anilines is 1. The second-order valence-electron chi connectivity index (χ2n) is 5.50. The van der Waals surface area contributed by atoms with Gasteiger partial charge < -0.3 is 4.90 Å². The lowest BCUT2D eigenvalue weighted by Crippen LogP contribution is -2.31. The molecule has 6 nitrogen and oxygen atoms in total. The molecule has 0 aliphatic rings. The van der Waals surface area contributed by atoms with Crippen LogP contribution in [0.4, 0.5) is 5.82 Å². The van der Waals surface area contributed by atoms with Crippen molar-refractivity contribution in [2.75, 3.05) is 31.3 Å². The molecule has 0 aliphatic carbocycles. The van der Waals surface area contributed by atoms with Gasteiger partial charge >= 0.3 is 0 Å². The normalized spacial score (nSPS) is 11.9. The SMILES string of the molecule is CNS(=O)(=O)CCN(C)c1nc2cc(C)c(C)cc2nc1C. The quantitative estimate of drug-likeness (QED) is 0.904. The molecule has 0 bridgehead atoms. The molecule has 0 aliphatic heterocycles. The van der Waals surface area contributed by atoms with Crippen molar-refractivity contribution >= 4 is 26.9 Å². The van der Waals surface area contributed by atoms with E-state index in [0.29, 0.717) is 12.4 Å². The molecular weight excluding hydrogens is 300 g/mol. The number of fused-ring (bicyclic) bond motifs is 1. The fourth-order valence-electron chi connectivity index (χ4n) is 2.22. The van der Waals surface area contributed by atoms with Crippen molar-refractivity contribution in [1.29, 1.82) is 0 Å². The van der Waals surface area contributed by atoms with Gasteiger partial charge in [-0.25, -0.2) is 23.1 Å². The summed E-state index contributed by atoms with van der Waals surface area (Å²) in [5, 5.41) is 0. The third-order valence-corrected chi connectivity index (χ3v) is 5.14. The smallest absolute Gasteiger partial charge is 0.213 e. The van der Waals surface area contributed by atoms with E-state index in [4.69, 9.17) is 0 Å². The first-order chi connectivity index (χ1) is 10.2. The van der Waals surface area contributed by atoms with E-state index in [1.807, 2.05) is 37.9 Å². The first-order valence-electron chi connectivity index (χ1n) is 7.11. The van der Waals surface area contributed by atoms with E-state index in [0.717, 1.165) is 22.3 Å². The summed E-state index contributed by atoms with van der Waals surface area (Å²) in [7, 11) is 0.0165. The van der Waals surface area contributed by atoms with Crippen LogP contribution in [0.5, 0.6) is 0 Å². The third-order valence-electron chi connectivity index (χ3n) is 3.80. The molecular formula is C15H22N4O2S. The molecule has 0 atom stereocenters. The lowest BCUT2D eigenvalue weighted by atomic mass is 10.1. The number of benzene rings is 1. The number of sulfonamides is 1. The van der Waals surface area contributed by atoms with Crippen LogP contribution in [0.3, 0.4) is 0 Å². The Morgan fingerprint density at radius 2 is 1.64 bits per heavy atom. The number of nitrogens with one attached hydrogen (secondary N) is 1. The lowest BCUT2D eigenvalue weighted by molar-refractivity contribution is 0.587. The Morgan fingerprint density at radius 1 is 1.09 bits per heavy atom. The molecule has 0 saturated heterocycles. The summed E-state index contributed by atoms with van der Waals surface area (Å²) >= 11 is 0.